The van der Waals surface area contributed by atoms with E-state index in [1.165, 1.54) is 25.3 Å². The van der Waals surface area contributed by atoms with Crippen LogP contribution in [0.25, 0.3) is 0 Å². The molecule has 0 heterocycles. The molecule has 1 aromatic carbocycles. The predicted octanol–water partition coefficient (Wildman–Crippen LogP) is 1.32. The molecule has 1 aromatic rings. The second kappa shape index (κ2) is 5.22. The van der Waals surface area contributed by atoms with E-state index < -0.39 is 16.9 Å². The van der Waals surface area contributed by atoms with Crippen LogP contribution < -0.4 is 5.73 Å². The fraction of sp³-hybridized carbons (Fsp3) is 0.182. The lowest BCUT2D eigenvalue weighted by Crippen LogP contribution is -2.19. The summed E-state index contributed by atoms with van der Waals surface area (Å²) in [5, 5.41) is 10.6. The maximum atomic E-state index is 11.2. The highest BCUT2D eigenvalue weighted by molar-refractivity contribution is 5.89. The number of nitrogens with two attached hydrogens (primary N) is 1. The van der Waals surface area contributed by atoms with E-state index in [1.54, 1.807) is 6.07 Å². The third kappa shape index (κ3) is 2.88. The lowest BCUT2D eigenvalue weighted by Gasteiger charge is -2.12. The molecule has 90 valence electrons. The topological polar surface area (TPSA) is 95.5 Å². The molecule has 0 aliphatic heterocycles. The SMILES string of the molecule is C=C(C(=O)OC)C(N)c1cccc([N+](=O)[O-])c1. The molecule has 0 fully saturated rings. The molecule has 0 saturated heterocycles. The maximum Gasteiger partial charge on any atom is 0.335 e. The van der Waals surface area contributed by atoms with Crippen molar-refractivity contribution in [2.24, 2.45) is 5.73 Å². The summed E-state index contributed by atoms with van der Waals surface area (Å²) in [6.07, 6.45) is 0. The number of nitro benzene ring substituents is 1. The van der Waals surface area contributed by atoms with Gasteiger partial charge in [-0.2, -0.15) is 0 Å². The molecule has 17 heavy (non-hydrogen) atoms. The fourth-order valence-corrected chi connectivity index (χ4v) is 1.29. The van der Waals surface area contributed by atoms with Gasteiger partial charge in [0.25, 0.3) is 5.69 Å². The maximum absolute atomic E-state index is 11.2. The van der Waals surface area contributed by atoms with Gasteiger partial charge < -0.3 is 10.5 Å². The van der Waals surface area contributed by atoms with Crippen LogP contribution in [0, 0.1) is 10.1 Å². The minimum atomic E-state index is -0.817. The Hall–Kier alpha value is -2.21. The lowest BCUT2D eigenvalue weighted by atomic mass is 10.0. The smallest absolute Gasteiger partial charge is 0.335 e. The van der Waals surface area contributed by atoms with Gasteiger partial charge in [-0.1, -0.05) is 18.7 Å². The molecule has 2 N–H and O–H groups in total. The summed E-state index contributed by atoms with van der Waals surface area (Å²) in [6.45, 7) is 3.51. The van der Waals surface area contributed by atoms with E-state index in [0.29, 0.717) is 5.56 Å². The molecule has 0 aromatic heterocycles. The number of nitro groups is 1. The van der Waals surface area contributed by atoms with E-state index in [1.807, 2.05) is 0 Å². The monoisotopic (exact) mass is 236 g/mol. The van der Waals surface area contributed by atoms with E-state index in [4.69, 9.17) is 5.73 Å². The van der Waals surface area contributed by atoms with Crippen molar-refractivity contribution in [3.8, 4) is 0 Å². The van der Waals surface area contributed by atoms with Crippen LogP contribution in [0.15, 0.2) is 36.4 Å². The Morgan fingerprint density at radius 1 is 1.59 bits per heavy atom. The van der Waals surface area contributed by atoms with Gasteiger partial charge in [0.1, 0.15) is 0 Å². The second-order valence-corrected chi connectivity index (χ2v) is 3.35. The van der Waals surface area contributed by atoms with Crippen molar-refractivity contribution < 1.29 is 14.5 Å². The molecule has 1 atom stereocenters. The Kier molecular flexibility index (Phi) is 3.95. The number of carbonyl (C=O) groups is 1. The van der Waals surface area contributed by atoms with Crippen LogP contribution in [0.3, 0.4) is 0 Å². The second-order valence-electron chi connectivity index (χ2n) is 3.35. The zero-order chi connectivity index (χ0) is 13.0. The Morgan fingerprint density at radius 2 is 2.24 bits per heavy atom. The number of nitrogens with zero attached hydrogens (tertiary/aromatic N) is 1. The van der Waals surface area contributed by atoms with Crippen molar-refractivity contribution >= 4 is 11.7 Å². The summed E-state index contributed by atoms with van der Waals surface area (Å²) in [6, 6.07) is 4.92. The molecular formula is C11H12N2O4. The number of rotatable bonds is 4. The average Bonchev–Trinajstić information content (AvgIpc) is 2.36. The van der Waals surface area contributed by atoms with Crippen LogP contribution in [-0.2, 0) is 9.53 Å². The van der Waals surface area contributed by atoms with Crippen LogP contribution in [-0.4, -0.2) is 18.0 Å². The van der Waals surface area contributed by atoms with Crippen molar-refractivity contribution in [1.29, 1.82) is 0 Å². The summed E-state index contributed by atoms with van der Waals surface area (Å²) in [7, 11) is 1.22. The first-order valence-corrected chi connectivity index (χ1v) is 4.74. The van der Waals surface area contributed by atoms with Crippen molar-refractivity contribution in [1.82, 2.24) is 0 Å². The molecule has 1 unspecified atom stereocenters. The van der Waals surface area contributed by atoms with Crippen molar-refractivity contribution in [3.05, 3.63) is 52.1 Å². The van der Waals surface area contributed by atoms with E-state index in [9.17, 15) is 14.9 Å². The van der Waals surface area contributed by atoms with Crippen molar-refractivity contribution in [3.63, 3.8) is 0 Å². The minimum absolute atomic E-state index is 0.0491. The number of ether oxygens (including phenoxy) is 1. The number of non-ortho nitro benzene ring substituents is 1. The summed E-state index contributed by atoms with van der Waals surface area (Å²) >= 11 is 0. The van der Waals surface area contributed by atoms with Gasteiger partial charge in [0, 0.05) is 12.1 Å². The molecule has 1 rings (SSSR count). The van der Waals surface area contributed by atoms with Crippen LogP contribution in [0.5, 0.6) is 0 Å². The third-order valence-corrected chi connectivity index (χ3v) is 2.26. The number of benzene rings is 1. The number of hydrogen-bond acceptors (Lipinski definition) is 5. The molecular weight excluding hydrogens is 224 g/mol. The van der Waals surface area contributed by atoms with E-state index in [-0.39, 0.29) is 11.3 Å². The molecule has 0 aliphatic rings. The molecule has 0 bridgehead atoms. The Balaban J connectivity index is 3.00. The molecule has 0 aliphatic carbocycles. The molecule has 6 heteroatoms. The van der Waals surface area contributed by atoms with Gasteiger partial charge in [0.2, 0.25) is 0 Å². The van der Waals surface area contributed by atoms with Crippen molar-refractivity contribution in [2.45, 2.75) is 6.04 Å². The molecule has 0 radical (unpaired) electrons. The van der Waals surface area contributed by atoms with Gasteiger partial charge in [-0.05, 0) is 5.56 Å². The standard InChI is InChI=1S/C11H12N2O4/c1-7(11(14)17-2)10(12)8-4-3-5-9(6-8)13(15)16/h3-6,10H,1,12H2,2H3. The first-order chi connectivity index (χ1) is 7.97. The van der Waals surface area contributed by atoms with E-state index in [2.05, 4.69) is 11.3 Å². The Labute approximate surface area is 97.8 Å². The van der Waals surface area contributed by atoms with Gasteiger partial charge in [0.05, 0.1) is 23.6 Å². The minimum Gasteiger partial charge on any atom is -0.466 e. The average molecular weight is 236 g/mol. The van der Waals surface area contributed by atoms with Crippen LogP contribution >= 0.6 is 0 Å². The summed E-state index contributed by atoms with van der Waals surface area (Å²) in [5.74, 6) is -0.635. The normalized spacial score (nSPS) is 11.6. The zero-order valence-electron chi connectivity index (χ0n) is 9.25. The van der Waals surface area contributed by atoms with Gasteiger partial charge in [0.15, 0.2) is 0 Å². The largest absolute Gasteiger partial charge is 0.466 e. The third-order valence-electron chi connectivity index (χ3n) is 2.26. The first kappa shape index (κ1) is 12.9. The molecule has 6 nitrogen and oxygen atoms in total. The highest BCUT2D eigenvalue weighted by Gasteiger charge is 2.19. The van der Waals surface area contributed by atoms with Crippen LogP contribution in [0.4, 0.5) is 5.69 Å². The summed E-state index contributed by atoms with van der Waals surface area (Å²) in [4.78, 5) is 21.3. The number of hydrogen-bond donors (Lipinski definition) is 1. The highest BCUT2D eigenvalue weighted by atomic mass is 16.6. The number of esters is 1. The Bertz CT molecular complexity index is 470. The van der Waals surface area contributed by atoms with Crippen LogP contribution in [0.2, 0.25) is 0 Å². The van der Waals surface area contributed by atoms with Gasteiger partial charge >= 0.3 is 5.97 Å². The molecule has 0 amide bonds. The zero-order valence-corrected chi connectivity index (χ0v) is 9.25. The van der Waals surface area contributed by atoms with Crippen molar-refractivity contribution in [2.75, 3.05) is 7.11 Å². The quantitative estimate of drug-likeness (QED) is 0.368. The lowest BCUT2D eigenvalue weighted by molar-refractivity contribution is -0.384. The summed E-state index contributed by atoms with van der Waals surface area (Å²) in [5.41, 5.74) is 6.16. The summed E-state index contributed by atoms with van der Waals surface area (Å²) < 4.78 is 4.48. The molecule has 0 spiro atoms. The highest BCUT2D eigenvalue weighted by Crippen LogP contribution is 2.22. The predicted molar refractivity (Wildman–Crippen MR) is 61.2 cm³/mol. The van der Waals surface area contributed by atoms with E-state index >= 15 is 0 Å². The first-order valence-electron chi connectivity index (χ1n) is 4.74. The van der Waals surface area contributed by atoms with Gasteiger partial charge in [-0.25, -0.2) is 4.79 Å². The van der Waals surface area contributed by atoms with Gasteiger partial charge in [-0.15, -0.1) is 0 Å². The fourth-order valence-electron chi connectivity index (χ4n) is 1.29. The Morgan fingerprint density at radius 3 is 2.76 bits per heavy atom. The number of carbonyl (C=O) groups excluding carboxylic acids is 1. The number of methoxy groups -OCH3 is 1. The molecule has 0 saturated carbocycles. The van der Waals surface area contributed by atoms with Crippen LogP contribution in [0.1, 0.15) is 11.6 Å². The van der Waals surface area contributed by atoms with E-state index in [0.717, 1.165) is 0 Å². The van der Waals surface area contributed by atoms with Gasteiger partial charge in [-0.3, -0.25) is 10.1 Å².